The fraction of sp³-hybridized carbons (Fsp3) is 0.636. The summed E-state index contributed by atoms with van der Waals surface area (Å²) in [5, 5.41) is 13.1. The number of nitrogens with zero attached hydrogens (tertiary/aromatic N) is 4. The molecule has 1 aromatic rings. The Balaban J connectivity index is 1.89. The highest BCUT2D eigenvalue weighted by Crippen LogP contribution is 2.16. The van der Waals surface area contributed by atoms with Crippen molar-refractivity contribution in [3.63, 3.8) is 0 Å². The average Bonchev–Trinajstić information content (AvgIpc) is 2.83. The molecule has 2 heterocycles. The molecule has 0 spiro atoms. The lowest BCUT2D eigenvalue weighted by Crippen LogP contribution is -2.30. The predicted molar refractivity (Wildman–Crippen MR) is 57.1 cm³/mol. The Hall–Kier alpha value is -1.34. The number of likely N-dealkylation sites (tertiary alicyclic amines) is 1. The van der Waals surface area contributed by atoms with E-state index in [1.807, 2.05) is 24.0 Å². The third kappa shape index (κ3) is 2.18. The zero-order valence-electron chi connectivity index (χ0n) is 9.06. The molecule has 1 unspecified atom stereocenters. The molecule has 0 saturated carbocycles. The van der Waals surface area contributed by atoms with Crippen LogP contribution in [0.5, 0.6) is 0 Å². The molecule has 2 rings (SSSR count). The van der Waals surface area contributed by atoms with Crippen molar-refractivity contribution in [2.75, 3.05) is 13.1 Å². The van der Waals surface area contributed by atoms with Gasteiger partial charge in [-0.1, -0.05) is 0 Å². The second kappa shape index (κ2) is 4.45. The maximum atomic E-state index is 8.94. The third-order valence-electron chi connectivity index (χ3n) is 3.09. The van der Waals surface area contributed by atoms with Crippen LogP contribution < -0.4 is 0 Å². The Morgan fingerprint density at radius 2 is 2.53 bits per heavy atom. The minimum absolute atomic E-state index is 0.137. The van der Waals surface area contributed by atoms with Gasteiger partial charge in [0.1, 0.15) is 0 Å². The molecule has 1 saturated heterocycles. The summed E-state index contributed by atoms with van der Waals surface area (Å²) < 4.78 is 1.90. The van der Waals surface area contributed by atoms with Gasteiger partial charge in [0.25, 0.3) is 0 Å². The molecule has 1 aliphatic rings. The number of aryl methyl sites for hydroxylation is 1. The minimum atomic E-state index is 0.137. The number of nitriles is 1. The predicted octanol–water partition coefficient (Wildman–Crippen LogP) is 0.951. The molecule has 1 atom stereocenters. The van der Waals surface area contributed by atoms with Crippen LogP contribution in [0.3, 0.4) is 0 Å². The van der Waals surface area contributed by atoms with Crippen LogP contribution in [0.25, 0.3) is 0 Å². The molecular weight excluding hydrogens is 188 g/mol. The van der Waals surface area contributed by atoms with Crippen molar-refractivity contribution >= 4 is 0 Å². The molecule has 1 aliphatic heterocycles. The fourth-order valence-corrected chi connectivity index (χ4v) is 2.14. The maximum absolute atomic E-state index is 8.94. The number of hydrogen-bond acceptors (Lipinski definition) is 3. The van der Waals surface area contributed by atoms with E-state index in [2.05, 4.69) is 16.1 Å². The van der Waals surface area contributed by atoms with Crippen LogP contribution in [-0.4, -0.2) is 33.8 Å². The quantitative estimate of drug-likeness (QED) is 0.736. The Bertz CT molecular complexity index is 363. The zero-order chi connectivity index (χ0) is 10.7. The largest absolute Gasteiger partial charge is 0.288 e. The van der Waals surface area contributed by atoms with Crippen LogP contribution in [0.2, 0.25) is 0 Å². The lowest BCUT2D eigenvalue weighted by atomic mass is 10.2. The summed E-state index contributed by atoms with van der Waals surface area (Å²) in [6.45, 7) is 2.04. The lowest BCUT2D eigenvalue weighted by Gasteiger charge is -2.18. The molecule has 0 N–H and O–H groups in total. The van der Waals surface area contributed by atoms with E-state index in [0.29, 0.717) is 0 Å². The summed E-state index contributed by atoms with van der Waals surface area (Å²) in [6, 6.07) is 4.54. The van der Waals surface area contributed by atoms with E-state index in [4.69, 9.17) is 5.26 Å². The molecular formula is C11H16N4. The van der Waals surface area contributed by atoms with Gasteiger partial charge in [0.15, 0.2) is 0 Å². The summed E-state index contributed by atoms with van der Waals surface area (Å²) in [5.41, 5.74) is 1.23. The number of aromatic nitrogens is 2. The normalized spacial score (nSPS) is 21.7. The summed E-state index contributed by atoms with van der Waals surface area (Å²) in [5.74, 6) is 0. The van der Waals surface area contributed by atoms with E-state index >= 15 is 0 Å². The van der Waals surface area contributed by atoms with Gasteiger partial charge in [-0.15, -0.1) is 0 Å². The second-order valence-corrected chi connectivity index (χ2v) is 4.02. The first-order chi connectivity index (χ1) is 7.31. The van der Waals surface area contributed by atoms with Gasteiger partial charge in [-0.25, -0.2) is 0 Å². The maximum Gasteiger partial charge on any atom is 0.0978 e. The molecule has 4 nitrogen and oxygen atoms in total. The molecule has 1 fully saturated rings. The third-order valence-corrected chi connectivity index (χ3v) is 3.09. The van der Waals surface area contributed by atoms with E-state index in [9.17, 15) is 0 Å². The molecule has 0 radical (unpaired) electrons. The average molecular weight is 204 g/mol. The first-order valence-electron chi connectivity index (χ1n) is 5.42. The van der Waals surface area contributed by atoms with Gasteiger partial charge >= 0.3 is 0 Å². The lowest BCUT2D eigenvalue weighted by molar-refractivity contribution is 0.296. The molecule has 0 aliphatic carbocycles. The van der Waals surface area contributed by atoms with Gasteiger partial charge in [-0.2, -0.15) is 10.4 Å². The van der Waals surface area contributed by atoms with E-state index < -0.39 is 0 Å². The Kier molecular flexibility index (Phi) is 3.02. The van der Waals surface area contributed by atoms with Crippen LogP contribution in [0.1, 0.15) is 18.5 Å². The highest BCUT2D eigenvalue weighted by molar-refractivity contribution is 5.02. The van der Waals surface area contributed by atoms with Crippen LogP contribution in [0.4, 0.5) is 0 Å². The molecule has 0 amide bonds. The second-order valence-electron chi connectivity index (χ2n) is 4.02. The van der Waals surface area contributed by atoms with Crippen LogP contribution >= 0.6 is 0 Å². The van der Waals surface area contributed by atoms with E-state index in [1.54, 1.807) is 0 Å². The summed E-state index contributed by atoms with van der Waals surface area (Å²) in [6.07, 6.45) is 4.99. The van der Waals surface area contributed by atoms with Crippen LogP contribution in [-0.2, 0) is 13.5 Å². The molecule has 1 aromatic heterocycles. The minimum Gasteiger partial charge on any atom is -0.288 e. The van der Waals surface area contributed by atoms with Crippen LogP contribution in [0, 0.1) is 11.3 Å². The van der Waals surface area contributed by atoms with Crippen molar-refractivity contribution in [2.45, 2.75) is 25.3 Å². The van der Waals surface area contributed by atoms with Gasteiger partial charge in [-0.05, 0) is 25.5 Å². The summed E-state index contributed by atoms with van der Waals surface area (Å²) in [7, 11) is 1.96. The molecule has 0 aromatic carbocycles. The molecule has 4 heteroatoms. The van der Waals surface area contributed by atoms with Crippen molar-refractivity contribution in [2.24, 2.45) is 7.05 Å². The first-order valence-corrected chi connectivity index (χ1v) is 5.42. The highest BCUT2D eigenvalue weighted by Gasteiger charge is 2.23. The topological polar surface area (TPSA) is 44.9 Å². The van der Waals surface area contributed by atoms with Gasteiger partial charge < -0.3 is 0 Å². The Labute approximate surface area is 90.1 Å². The number of hydrogen-bond donors (Lipinski definition) is 0. The van der Waals surface area contributed by atoms with Gasteiger partial charge in [0.2, 0.25) is 0 Å². The van der Waals surface area contributed by atoms with E-state index in [0.717, 1.165) is 32.4 Å². The standard InChI is InChI=1S/C11H16N4/c1-14-10(4-6-13-14)5-8-15-7-2-3-11(15)9-12/h4,6,11H,2-3,5,7-8H2,1H3. The van der Waals surface area contributed by atoms with Crippen molar-refractivity contribution in [1.29, 1.82) is 5.26 Å². The van der Waals surface area contributed by atoms with Crippen LogP contribution in [0.15, 0.2) is 12.3 Å². The fourth-order valence-electron chi connectivity index (χ4n) is 2.14. The highest BCUT2D eigenvalue weighted by atomic mass is 15.3. The summed E-state index contributed by atoms with van der Waals surface area (Å²) in [4.78, 5) is 2.27. The molecule has 80 valence electrons. The SMILES string of the molecule is Cn1nccc1CCN1CCCC1C#N. The van der Waals surface area contributed by atoms with Crippen molar-refractivity contribution in [3.05, 3.63) is 18.0 Å². The van der Waals surface area contributed by atoms with Gasteiger partial charge in [0.05, 0.1) is 12.1 Å². The van der Waals surface area contributed by atoms with Crippen molar-refractivity contribution in [3.8, 4) is 6.07 Å². The van der Waals surface area contributed by atoms with Gasteiger partial charge in [-0.3, -0.25) is 9.58 Å². The molecule has 0 bridgehead atoms. The first kappa shape index (κ1) is 10.2. The van der Waals surface area contributed by atoms with Crippen molar-refractivity contribution in [1.82, 2.24) is 14.7 Å². The monoisotopic (exact) mass is 204 g/mol. The molecule has 15 heavy (non-hydrogen) atoms. The van der Waals surface area contributed by atoms with Crippen molar-refractivity contribution < 1.29 is 0 Å². The smallest absolute Gasteiger partial charge is 0.0978 e. The Morgan fingerprint density at radius 1 is 1.67 bits per heavy atom. The summed E-state index contributed by atoms with van der Waals surface area (Å²) >= 11 is 0. The van der Waals surface area contributed by atoms with E-state index in [1.165, 1.54) is 5.69 Å². The van der Waals surface area contributed by atoms with E-state index in [-0.39, 0.29) is 6.04 Å². The Morgan fingerprint density at radius 3 is 3.20 bits per heavy atom. The van der Waals surface area contributed by atoms with Gasteiger partial charge in [0, 0.05) is 31.9 Å². The number of rotatable bonds is 3. The zero-order valence-corrected chi connectivity index (χ0v) is 9.06.